The molecule has 0 heterocycles. The van der Waals surface area contributed by atoms with Crippen LogP contribution in [0, 0.1) is 11.8 Å². The number of rotatable bonds is 5. The number of nitrogens with one attached hydrogen (secondary N) is 1. The lowest BCUT2D eigenvalue weighted by atomic mass is 9.86. The minimum Gasteiger partial charge on any atom is -0.393 e. The van der Waals surface area contributed by atoms with Crippen LogP contribution in [0.15, 0.2) is 0 Å². The predicted molar refractivity (Wildman–Crippen MR) is 68.4 cm³/mol. The van der Waals surface area contributed by atoms with Gasteiger partial charge < -0.3 is 16.2 Å². The van der Waals surface area contributed by atoms with Gasteiger partial charge in [0.2, 0.25) is 5.91 Å². The Morgan fingerprint density at radius 1 is 1.47 bits per heavy atom. The Hall–Kier alpha value is -0.610. The zero-order chi connectivity index (χ0) is 12.8. The molecule has 4 heteroatoms. The Balaban J connectivity index is 2.31. The fourth-order valence-electron chi connectivity index (χ4n) is 2.29. The van der Waals surface area contributed by atoms with Crippen molar-refractivity contribution < 1.29 is 9.90 Å². The SMILES string of the molecule is CC[C@H](C)[C@H](N)C(=O)NCC1CCCCC1O. The highest BCUT2D eigenvalue weighted by Gasteiger charge is 2.25. The van der Waals surface area contributed by atoms with Gasteiger partial charge in [-0.3, -0.25) is 4.79 Å². The zero-order valence-electron chi connectivity index (χ0n) is 11.0. The second-order valence-corrected chi connectivity index (χ2v) is 5.27. The number of carbonyl (C=O) groups is 1. The molecule has 100 valence electrons. The van der Waals surface area contributed by atoms with Crippen molar-refractivity contribution in [2.75, 3.05) is 6.54 Å². The summed E-state index contributed by atoms with van der Waals surface area (Å²) < 4.78 is 0. The third kappa shape index (κ3) is 4.28. The molecule has 0 aliphatic heterocycles. The van der Waals surface area contributed by atoms with Crippen molar-refractivity contribution in [3.63, 3.8) is 0 Å². The largest absolute Gasteiger partial charge is 0.393 e. The van der Waals surface area contributed by atoms with E-state index in [1.807, 2.05) is 13.8 Å². The van der Waals surface area contributed by atoms with Crippen molar-refractivity contribution in [3.8, 4) is 0 Å². The van der Waals surface area contributed by atoms with E-state index in [0.717, 1.165) is 32.1 Å². The van der Waals surface area contributed by atoms with Crippen molar-refractivity contribution in [2.24, 2.45) is 17.6 Å². The number of amides is 1. The molecule has 1 amide bonds. The molecule has 4 nitrogen and oxygen atoms in total. The van der Waals surface area contributed by atoms with Crippen LogP contribution in [0.25, 0.3) is 0 Å². The van der Waals surface area contributed by atoms with Gasteiger partial charge in [-0.1, -0.05) is 33.1 Å². The summed E-state index contributed by atoms with van der Waals surface area (Å²) in [5.41, 5.74) is 5.85. The topological polar surface area (TPSA) is 75.4 Å². The van der Waals surface area contributed by atoms with Gasteiger partial charge in [0.15, 0.2) is 0 Å². The highest BCUT2D eigenvalue weighted by Crippen LogP contribution is 2.23. The highest BCUT2D eigenvalue weighted by atomic mass is 16.3. The second-order valence-electron chi connectivity index (χ2n) is 5.27. The molecule has 0 radical (unpaired) electrons. The van der Waals surface area contributed by atoms with E-state index in [9.17, 15) is 9.90 Å². The summed E-state index contributed by atoms with van der Waals surface area (Å²) in [6.07, 6.45) is 4.75. The van der Waals surface area contributed by atoms with E-state index in [0.29, 0.717) is 6.54 Å². The van der Waals surface area contributed by atoms with E-state index in [1.54, 1.807) is 0 Å². The average Bonchev–Trinajstić information content (AvgIpc) is 2.35. The van der Waals surface area contributed by atoms with Crippen LogP contribution in [0.4, 0.5) is 0 Å². The lowest BCUT2D eigenvalue weighted by molar-refractivity contribution is -0.123. The van der Waals surface area contributed by atoms with Gasteiger partial charge in [0.1, 0.15) is 0 Å². The molecular weight excluding hydrogens is 216 g/mol. The Morgan fingerprint density at radius 2 is 2.12 bits per heavy atom. The maximum absolute atomic E-state index is 11.8. The molecule has 2 unspecified atom stereocenters. The maximum atomic E-state index is 11.8. The highest BCUT2D eigenvalue weighted by molar-refractivity contribution is 5.81. The van der Waals surface area contributed by atoms with Crippen LogP contribution in [-0.4, -0.2) is 29.7 Å². The Bertz CT molecular complexity index is 246. The monoisotopic (exact) mass is 242 g/mol. The van der Waals surface area contributed by atoms with Crippen LogP contribution in [0.3, 0.4) is 0 Å². The molecule has 0 spiro atoms. The van der Waals surface area contributed by atoms with Crippen LogP contribution in [0.1, 0.15) is 46.0 Å². The molecule has 1 aliphatic rings. The molecule has 0 aromatic carbocycles. The normalized spacial score (nSPS) is 28.5. The van der Waals surface area contributed by atoms with E-state index >= 15 is 0 Å². The average molecular weight is 242 g/mol. The van der Waals surface area contributed by atoms with E-state index in [1.165, 1.54) is 0 Å². The third-order valence-electron chi connectivity index (χ3n) is 3.97. The van der Waals surface area contributed by atoms with E-state index < -0.39 is 6.04 Å². The van der Waals surface area contributed by atoms with Crippen LogP contribution in [0.5, 0.6) is 0 Å². The standard InChI is InChI=1S/C13H26N2O2/c1-3-9(2)12(14)13(17)15-8-10-6-4-5-7-11(10)16/h9-12,16H,3-8,14H2,1-2H3,(H,15,17)/t9-,10?,11?,12-/m0/s1. The van der Waals surface area contributed by atoms with Crippen LogP contribution in [-0.2, 0) is 4.79 Å². The van der Waals surface area contributed by atoms with Crippen LogP contribution in [0.2, 0.25) is 0 Å². The van der Waals surface area contributed by atoms with Gasteiger partial charge in [0.05, 0.1) is 12.1 Å². The molecule has 4 atom stereocenters. The lowest BCUT2D eigenvalue weighted by Gasteiger charge is -2.28. The van der Waals surface area contributed by atoms with Crippen molar-refractivity contribution in [1.82, 2.24) is 5.32 Å². The first-order valence-corrected chi connectivity index (χ1v) is 6.77. The molecule has 0 aromatic rings. The predicted octanol–water partition coefficient (Wildman–Crippen LogP) is 1.03. The molecule has 1 rings (SSSR count). The van der Waals surface area contributed by atoms with E-state index in [-0.39, 0.29) is 23.8 Å². The molecule has 1 aliphatic carbocycles. The van der Waals surface area contributed by atoms with Gasteiger partial charge in [-0.25, -0.2) is 0 Å². The van der Waals surface area contributed by atoms with E-state index in [2.05, 4.69) is 5.32 Å². The van der Waals surface area contributed by atoms with Crippen LogP contribution < -0.4 is 11.1 Å². The molecule has 4 N–H and O–H groups in total. The first-order chi connectivity index (χ1) is 8.06. The van der Waals surface area contributed by atoms with Crippen molar-refractivity contribution in [3.05, 3.63) is 0 Å². The zero-order valence-corrected chi connectivity index (χ0v) is 11.0. The van der Waals surface area contributed by atoms with Crippen molar-refractivity contribution >= 4 is 5.91 Å². The number of aliphatic hydroxyl groups excluding tert-OH is 1. The summed E-state index contributed by atoms with van der Waals surface area (Å²) in [6.45, 7) is 4.58. The molecule has 17 heavy (non-hydrogen) atoms. The molecule has 0 saturated heterocycles. The summed E-state index contributed by atoms with van der Waals surface area (Å²) in [6, 6.07) is -0.430. The minimum absolute atomic E-state index is 0.0860. The second kappa shape index (κ2) is 6.97. The number of carbonyl (C=O) groups excluding carboxylic acids is 1. The molecule has 1 fully saturated rings. The Kier molecular flexibility index (Phi) is 5.92. The third-order valence-corrected chi connectivity index (χ3v) is 3.97. The summed E-state index contributed by atoms with van der Waals surface area (Å²) >= 11 is 0. The summed E-state index contributed by atoms with van der Waals surface area (Å²) in [7, 11) is 0. The van der Waals surface area contributed by atoms with Crippen molar-refractivity contribution in [2.45, 2.75) is 58.1 Å². The summed E-state index contributed by atoms with van der Waals surface area (Å²) in [5.74, 6) is 0.320. The van der Waals surface area contributed by atoms with Gasteiger partial charge in [-0.15, -0.1) is 0 Å². The number of aliphatic hydroxyl groups is 1. The van der Waals surface area contributed by atoms with Gasteiger partial charge in [0, 0.05) is 12.5 Å². The van der Waals surface area contributed by atoms with Crippen molar-refractivity contribution in [1.29, 1.82) is 0 Å². The minimum atomic E-state index is -0.430. The van der Waals surface area contributed by atoms with Gasteiger partial charge in [-0.2, -0.15) is 0 Å². The molecule has 1 saturated carbocycles. The van der Waals surface area contributed by atoms with Gasteiger partial charge in [-0.05, 0) is 18.8 Å². The fourth-order valence-corrected chi connectivity index (χ4v) is 2.29. The Morgan fingerprint density at radius 3 is 2.71 bits per heavy atom. The molecule has 0 aromatic heterocycles. The first-order valence-electron chi connectivity index (χ1n) is 6.77. The quantitative estimate of drug-likeness (QED) is 0.674. The molecular formula is C13H26N2O2. The number of hydrogen-bond acceptors (Lipinski definition) is 3. The van der Waals surface area contributed by atoms with E-state index in [4.69, 9.17) is 5.73 Å². The van der Waals surface area contributed by atoms with Gasteiger partial charge in [0.25, 0.3) is 0 Å². The smallest absolute Gasteiger partial charge is 0.237 e. The fraction of sp³-hybridized carbons (Fsp3) is 0.923. The maximum Gasteiger partial charge on any atom is 0.237 e. The summed E-state index contributed by atoms with van der Waals surface area (Å²) in [4.78, 5) is 11.8. The number of nitrogens with two attached hydrogens (primary N) is 1. The molecule has 0 bridgehead atoms. The number of hydrogen-bond donors (Lipinski definition) is 3. The summed E-state index contributed by atoms with van der Waals surface area (Å²) in [5, 5.41) is 12.7. The Labute approximate surface area is 104 Å². The first kappa shape index (κ1) is 14.5. The van der Waals surface area contributed by atoms with Gasteiger partial charge >= 0.3 is 0 Å². The lowest BCUT2D eigenvalue weighted by Crippen LogP contribution is -2.47. The van der Waals surface area contributed by atoms with Crippen LogP contribution >= 0.6 is 0 Å².